The Kier molecular flexibility index (Phi) is 6.82. The fourth-order valence-corrected chi connectivity index (χ4v) is 2.62. The van der Waals surface area contributed by atoms with E-state index in [4.69, 9.17) is 18.9 Å². The molecule has 0 radical (unpaired) electrons. The summed E-state index contributed by atoms with van der Waals surface area (Å²) in [4.78, 5) is 10.9. The van der Waals surface area contributed by atoms with E-state index in [1.807, 2.05) is 13.0 Å². The molecule has 0 saturated heterocycles. The third-order valence-corrected chi connectivity index (χ3v) is 3.91. The Bertz CT molecular complexity index is 946. The van der Waals surface area contributed by atoms with Gasteiger partial charge in [0.25, 0.3) is 5.69 Å². The lowest BCUT2D eigenvalue weighted by Gasteiger charge is -2.11. The average molecular weight is 384 g/mol. The molecule has 0 unspecified atom stereocenters. The van der Waals surface area contributed by atoms with Crippen LogP contribution in [-0.4, -0.2) is 32.9 Å². The molecule has 0 saturated carbocycles. The van der Waals surface area contributed by atoms with Crippen LogP contribution in [0, 0.1) is 21.4 Å². The van der Waals surface area contributed by atoms with Crippen molar-refractivity contribution < 1.29 is 23.9 Å². The highest BCUT2D eigenvalue weighted by Crippen LogP contribution is 2.38. The van der Waals surface area contributed by atoms with Gasteiger partial charge in [-0.1, -0.05) is 6.07 Å². The van der Waals surface area contributed by atoms with Crippen LogP contribution in [0.4, 0.5) is 5.69 Å². The molecule has 0 spiro atoms. The van der Waals surface area contributed by atoms with Gasteiger partial charge >= 0.3 is 0 Å². The molecule has 8 nitrogen and oxygen atoms in total. The normalized spacial score (nSPS) is 10.8. The minimum atomic E-state index is -0.568. The summed E-state index contributed by atoms with van der Waals surface area (Å²) >= 11 is 0. The maximum atomic E-state index is 11.5. The average Bonchev–Trinajstić information content (AvgIpc) is 2.71. The highest BCUT2D eigenvalue weighted by Gasteiger charge is 2.22. The summed E-state index contributed by atoms with van der Waals surface area (Å²) in [6.07, 6.45) is 1.53. The van der Waals surface area contributed by atoms with Gasteiger partial charge in [0, 0.05) is 0 Å². The lowest BCUT2D eigenvalue weighted by Crippen LogP contribution is -1.99. The summed E-state index contributed by atoms with van der Waals surface area (Å²) < 4.78 is 21.1. The maximum Gasteiger partial charge on any atom is 0.281 e. The first-order valence-corrected chi connectivity index (χ1v) is 8.32. The number of nitro groups is 1. The summed E-state index contributed by atoms with van der Waals surface area (Å²) in [5.74, 6) is 1.55. The van der Waals surface area contributed by atoms with Crippen molar-refractivity contribution in [1.29, 1.82) is 5.26 Å². The number of hydrogen-bond acceptors (Lipinski definition) is 7. The molecule has 2 aromatic rings. The Morgan fingerprint density at radius 3 is 2.21 bits per heavy atom. The van der Waals surface area contributed by atoms with E-state index in [0.29, 0.717) is 23.7 Å². The van der Waals surface area contributed by atoms with E-state index in [1.165, 1.54) is 39.5 Å². The zero-order valence-corrected chi connectivity index (χ0v) is 16.0. The van der Waals surface area contributed by atoms with E-state index in [1.54, 1.807) is 18.2 Å². The number of nitro benzene ring substituents is 1. The minimum absolute atomic E-state index is 0.0962. The predicted octanol–water partition coefficient (Wildman–Crippen LogP) is 4.08. The fraction of sp³-hybridized carbons (Fsp3) is 0.250. The number of nitriles is 1. The summed E-state index contributed by atoms with van der Waals surface area (Å²) in [6, 6.07) is 9.80. The summed E-state index contributed by atoms with van der Waals surface area (Å²) in [7, 11) is 4.31. The monoisotopic (exact) mass is 384 g/mol. The molecule has 0 aliphatic heterocycles. The van der Waals surface area contributed by atoms with Gasteiger partial charge in [0.15, 0.2) is 23.0 Å². The van der Waals surface area contributed by atoms with Crippen LogP contribution in [0.3, 0.4) is 0 Å². The molecule has 0 heterocycles. The highest BCUT2D eigenvalue weighted by atomic mass is 16.6. The molecule has 0 aliphatic rings. The second-order valence-corrected chi connectivity index (χ2v) is 5.49. The number of benzene rings is 2. The molecule has 146 valence electrons. The van der Waals surface area contributed by atoms with Gasteiger partial charge in [0.05, 0.1) is 50.1 Å². The van der Waals surface area contributed by atoms with Gasteiger partial charge in [-0.15, -0.1) is 0 Å². The lowest BCUT2D eigenvalue weighted by molar-refractivity contribution is -0.385. The van der Waals surface area contributed by atoms with E-state index >= 15 is 0 Å². The van der Waals surface area contributed by atoms with Gasteiger partial charge in [-0.2, -0.15) is 5.26 Å². The Balaban J connectivity index is 2.62. The van der Waals surface area contributed by atoms with Crippen molar-refractivity contribution in [3.8, 4) is 29.1 Å². The number of allylic oxidation sites excluding steroid dienone is 1. The van der Waals surface area contributed by atoms with Crippen molar-refractivity contribution in [3.63, 3.8) is 0 Å². The third-order valence-electron chi connectivity index (χ3n) is 3.91. The Morgan fingerprint density at radius 2 is 1.68 bits per heavy atom. The molecule has 0 N–H and O–H groups in total. The van der Waals surface area contributed by atoms with Crippen molar-refractivity contribution in [3.05, 3.63) is 51.6 Å². The maximum absolute atomic E-state index is 11.5. The highest BCUT2D eigenvalue weighted by molar-refractivity contribution is 5.93. The van der Waals surface area contributed by atoms with Gasteiger partial charge in [-0.25, -0.2) is 0 Å². The molecule has 2 rings (SSSR count). The topological polar surface area (TPSA) is 104 Å². The van der Waals surface area contributed by atoms with Gasteiger partial charge in [0.1, 0.15) is 6.07 Å². The Labute approximate surface area is 162 Å². The van der Waals surface area contributed by atoms with Gasteiger partial charge < -0.3 is 18.9 Å². The molecule has 0 atom stereocenters. The predicted molar refractivity (Wildman–Crippen MR) is 104 cm³/mol. The quantitative estimate of drug-likeness (QED) is 0.292. The van der Waals surface area contributed by atoms with Crippen molar-refractivity contribution in [2.45, 2.75) is 6.92 Å². The molecule has 28 heavy (non-hydrogen) atoms. The second-order valence-electron chi connectivity index (χ2n) is 5.49. The summed E-state index contributed by atoms with van der Waals surface area (Å²) in [6.45, 7) is 2.34. The second kappa shape index (κ2) is 9.28. The van der Waals surface area contributed by atoms with E-state index < -0.39 is 4.92 Å². The lowest BCUT2D eigenvalue weighted by atomic mass is 10.0. The molecular formula is C20H20N2O6. The van der Waals surface area contributed by atoms with Crippen molar-refractivity contribution in [2.75, 3.05) is 27.9 Å². The third kappa shape index (κ3) is 4.32. The zero-order chi connectivity index (χ0) is 20.7. The summed E-state index contributed by atoms with van der Waals surface area (Å²) in [5, 5.41) is 21.1. The largest absolute Gasteiger partial charge is 0.493 e. The van der Waals surface area contributed by atoms with Crippen molar-refractivity contribution in [2.24, 2.45) is 0 Å². The molecule has 0 bridgehead atoms. The van der Waals surface area contributed by atoms with Crippen LogP contribution in [0.15, 0.2) is 30.3 Å². The van der Waals surface area contributed by atoms with E-state index in [0.717, 1.165) is 0 Å². The molecule has 0 aliphatic carbocycles. The van der Waals surface area contributed by atoms with E-state index in [2.05, 4.69) is 0 Å². The molecule has 8 heteroatoms. The number of nitrogens with zero attached hydrogens (tertiary/aromatic N) is 2. The Morgan fingerprint density at radius 1 is 1.07 bits per heavy atom. The molecule has 0 aromatic heterocycles. The first kappa shape index (κ1) is 20.6. The van der Waals surface area contributed by atoms with Gasteiger partial charge in [-0.05, 0) is 36.8 Å². The van der Waals surface area contributed by atoms with Crippen LogP contribution in [0.5, 0.6) is 23.0 Å². The zero-order valence-electron chi connectivity index (χ0n) is 16.0. The van der Waals surface area contributed by atoms with Crippen LogP contribution in [0.2, 0.25) is 0 Å². The van der Waals surface area contributed by atoms with Crippen LogP contribution in [-0.2, 0) is 0 Å². The smallest absolute Gasteiger partial charge is 0.281 e. The Hall–Kier alpha value is -3.73. The van der Waals surface area contributed by atoms with Gasteiger partial charge in [0.2, 0.25) is 0 Å². The first-order chi connectivity index (χ1) is 13.5. The van der Waals surface area contributed by atoms with Crippen molar-refractivity contribution in [1.82, 2.24) is 0 Å². The van der Waals surface area contributed by atoms with Gasteiger partial charge in [-0.3, -0.25) is 10.1 Å². The number of ether oxygens (including phenoxy) is 4. The minimum Gasteiger partial charge on any atom is -0.493 e. The summed E-state index contributed by atoms with van der Waals surface area (Å²) in [5.41, 5.74) is 0.584. The van der Waals surface area contributed by atoms with E-state index in [-0.39, 0.29) is 28.3 Å². The number of methoxy groups -OCH3 is 3. The first-order valence-electron chi connectivity index (χ1n) is 8.32. The van der Waals surface area contributed by atoms with Crippen LogP contribution in [0.1, 0.15) is 18.1 Å². The fourth-order valence-electron chi connectivity index (χ4n) is 2.62. The molecular weight excluding hydrogens is 364 g/mol. The standard InChI is InChI=1S/C20H20N2O6/c1-5-28-17-7-6-13(9-18(17)25-2)8-14(12-21)15-10-19(26-3)20(27-4)11-16(15)22(23)24/h6-11H,5H2,1-4H3/b14-8+. The molecule has 0 fully saturated rings. The van der Waals surface area contributed by atoms with Crippen LogP contribution < -0.4 is 18.9 Å². The number of hydrogen-bond donors (Lipinski definition) is 0. The van der Waals surface area contributed by atoms with Crippen LogP contribution in [0.25, 0.3) is 11.6 Å². The molecule has 2 aromatic carbocycles. The van der Waals surface area contributed by atoms with Crippen LogP contribution >= 0.6 is 0 Å². The van der Waals surface area contributed by atoms with Crippen molar-refractivity contribution >= 4 is 17.3 Å². The molecule has 0 amide bonds. The SMILES string of the molecule is CCOc1ccc(/C=C(\C#N)c2cc(OC)c(OC)cc2[N+](=O)[O-])cc1OC. The number of rotatable bonds is 8. The van der Waals surface area contributed by atoms with E-state index in [9.17, 15) is 15.4 Å².